The van der Waals surface area contributed by atoms with Gasteiger partial charge in [0.15, 0.2) is 11.4 Å². The number of carbonyl (C=O) groups is 1. The Hall–Kier alpha value is -2.76. The molecule has 6 heteroatoms. The topological polar surface area (TPSA) is 80.1 Å². The maximum absolute atomic E-state index is 12.0. The van der Waals surface area contributed by atoms with Gasteiger partial charge in [-0.1, -0.05) is 30.3 Å². The molecule has 3 aromatic rings. The Morgan fingerprint density at radius 1 is 1.16 bits per heavy atom. The van der Waals surface area contributed by atoms with Crippen LogP contribution in [0.15, 0.2) is 47.3 Å². The van der Waals surface area contributed by atoms with Gasteiger partial charge in [-0.05, 0) is 12.1 Å². The summed E-state index contributed by atoms with van der Waals surface area (Å²) in [4.78, 5) is 23.4. The van der Waals surface area contributed by atoms with Gasteiger partial charge in [0.2, 0.25) is 0 Å². The highest BCUT2D eigenvalue weighted by atomic mass is 16.2. The zero-order valence-electron chi connectivity index (χ0n) is 9.91. The number of nitrogens with zero attached hydrogens (tertiary/aromatic N) is 3. The molecular weight excluding hydrogens is 244 g/mol. The molecule has 2 heterocycles. The smallest absolute Gasteiger partial charge is 0.294 e. The lowest BCUT2D eigenvalue weighted by atomic mass is 10.1. The van der Waals surface area contributed by atoms with Crippen LogP contribution < -0.4 is 5.69 Å². The zero-order chi connectivity index (χ0) is 13.2. The summed E-state index contributed by atoms with van der Waals surface area (Å²) < 4.78 is 1.15. The fourth-order valence-electron chi connectivity index (χ4n) is 1.83. The fraction of sp³-hybridized carbons (Fsp3) is 0.0769. The van der Waals surface area contributed by atoms with Crippen molar-refractivity contribution >= 4 is 11.4 Å². The Labute approximate surface area is 107 Å². The first-order chi connectivity index (χ1) is 9.24. The van der Waals surface area contributed by atoms with E-state index in [1.54, 1.807) is 24.3 Å². The molecule has 0 radical (unpaired) electrons. The van der Waals surface area contributed by atoms with Gasteiger partial charge < -0.3 is 0 Å². The number of nitrogens with one attached hydrogen (secondary N) is 1. The number of aromatic nitrogens is 4. The van der Waals surface area contributed by atoms with E-state index >= 15 is 0 Å². The van der Waals surface area contributed by atoms with Gasteiger partial charge >= 0.3 is 5.69 Å². The lowest BCUT2D eigenvalue weighted by molar-refractivity contribution is 0.0991. The molecule has 0 saturated heterocycles. The highest BCUT2D eigenvalue weighted by molar-refractivity contribution is 5.97. The summed E-state index contributed by atoms with van der Waals surface area (Å²) in [5, 5.41) is 10.2. The maximum Gasteiger partial charge on any atom is 0.364 e. The first-order valence-electron chi connectivity index (χ1n) is 5.75. The van der Waals surface area contributed by atoms with Crippen molar-refractivity contribution in [1.82, 2.24) is 19.8 Å². The lowest BCUT2D eigenvalue weighted by Crippen LogP contribution is -2.15. The molecule has 0 atom stereocenters. The highest BCUT2D eigenvalue weighted by Gasteiger charge is 2.09. The van der Waals surface area contributed by atoms with Crippen LogP contribution in [-0.4, -0.2) is 25.6 Å². The summed E-state index contributed by atoms with van der Waals surface area (Å²) in [6, 6.07) is 12.3. The third-order valence-electron chi connectivity index (χ3n) is 2.77. The van der Waals surface area contributed by atoms with E-state index in [1.807, 2.05) is 18.2 Å². The second-order valence-electron chi connectivity index (χ2n) is 4.09. The molecule has 0 amide bonds. The summed E-state index contributed by atoms with van der Waals surface area (Å²) in [6.45, 7) is 0. The molecule has 1 N–H and O–H groups in total. The van der Waals surface area contributed by atoms with Crippen molar-refractivity contribution in [3.63, 3.8) is 0 Å². The van der Waals surface area contributed by atoms with Crippen molar-refractivity contribution < 1.29 is 4.79 Å². The summed E-state index contributed by atoms with van der Waals surface area (Å²) >= 11 is 0. The molecule has 2 aromatic heterocycles. The summed E-state index contributed by atoms with van der Waals surface area (Å²) in [5.41, 5.74) is 1.18. The zero-order valence-corrected chi connectivity index (χ0v) is 9.91. The van der Waals surface area contributed by atoms with Crippen molar-refractivity contribution in [2.75, 3.05) is 0 Å². The SMILES string of the molecule is O=C(Cc1ccc2n[nH]c(=O)n2n1)c1ccccc1. The van der Waals surface area contributed by atoms with Gasteiger partial charge in [-0.15, -0.1) is 0 Å². The van der Waals surface area contributed by atoms with Crippen LogP contribution in [0.1, 0.15) is 16.1 Å². The van der Waals surface area contributed by atoms with Crippen LogP contribution in [0, 0.1) is 0 Å². The molecule has 6 nitrogen and oxygen atoms in total. The Morgan fingerprint density at radius 3 is 2.74 bits per heavy atom. The molecule has 0 unspecified atom stereocenters. The molecule has 0 bridgehead atoms. The minimum atomic E-state index is -0.413. The number of hydrogen-bond acceptors (Lipinski definition) is 4. The number of aromatic amines is 1. The van der Waals surface area contributed by atoms with Gasteiger partial charge in [0, 0.05) is 5.56 Å². The van der Waals surface area contributed by atoms with Crippen LogP contribution in [0.3, 0.4) is 0 Å². The van der Waals surface area contributed by atoms with Crippen LogP contribution >= 0.6 is 0 Å². The predicted octanol–water partition coefficient (Wildman–Crippen LogP) is 0.843. The number of hydrogen-bond donors (Lipinski definition) is 1. The second kappa shape index (κ2) is 4.49. The van der Waals surface area contributed by atoms with E-state index < -0.39 is 5.69 Å². The minimum absolute atomic E-state index is 0.0380. The van der Waals surface area contributed by atoms with E-state index in [0.29, 0.717) is 16.9 Å². The van der Waals surface area contributed by atoms with E-state index in [-0.39, 0.29) is 12.2 Å². The maximum atomic E-state index is 12.0. The first-order valence-corrected chi connectivity index (χ1v) is 5.75. The van der Waals surface area contributed by atoms with Crippen molar-refractivity contribution in [3.05, 3.63) is 64.2 Å². The third-order valence-corrected chi connectivity index (χ3v) is 2.77. The largest absolute Gasteiger partial charge is 0.364 e. The van der Waals surface area contributed by atoms with Gasteiger partial charge in [-0.3, -0.25) is 4.79 Å². The molecule has 0 aliphatic heterocycles. The molecule has 1 aromatic carbocycles. The van der Waals surface area contributed by atoms with Crippen molar-refractivity contribution in [2.24, 2.45) is 0 Å². The van der Waals surface area contributed by atoms with Crippen LogP contribution in [0.25, 0.3) is 5.65 Å². The molecule has 0 spiro atoms. The van der Waals surface area contributed by atoms with Crippen LogP contribution in [0.2, 0.25) is 0 Å². The third kappa shape index (κ3) is 2.15. The summed E-state index contributed by atoms with van der Waals surface area (Å²) in [6.07, 6.45) is 0.150. The highest BCUT2D eigenvalue weighted by Crippen LogP contribution is 2.05. The van der Waals surface area contributed by atoms with Gasteiger partial charge in [0.1, 0.15) is 0 Å². The standard InChI is InChI=1S/C13H10N4O2/c18-11(9-4-2-1-3-5-9)8-10-6-7-12-14-15-13(19)17(12)16-10/h1-7H,8H2,(H,15,19). The van der Waals surface area contributed by atoms with E-state index in [0.717, 1.165) is 4.52 Å². The van der Waals surface area contributed by atoms with Gasteiger partial charge in [-0.25, -0.2) is 9.89 Å². The monoisotopic (exact) mass is 254 g/mol. The molecule has 0 aliphatic carbocycles. The molecular formula is C13H10N4O2. The predicted molar refractivity (Wildman–Crippen MR) is 68.1 cm³/mol. The molecule has 3 rings (SSSR count). The van der Waals surface area contributed by atoms with Gasteiger partial charge in [0.05, 0.1) is 12.1 Å². The fourth-order valence-corrected chi connectivity index (χ4v) is 1.83. The number of fused-ring (bicyclic) bond motifs is 1. The van der Waals surface area contributed by atoms with Crippen molar-refractivity contribution in [3.8, 4) is 0 Å². The average molecular weight is 254 g/mol. The summed E-state index contributed by atoms with van der Waals surface area (Å²) in [7, 11) is 0. The van der Waals surface area contributed by atoms with Crippen molar-refractivity contribution in [1.29, 1.82) is 0 Å². The van der Waals surface area contributed by atoms with E-state index in [4.69, 9.17) is 0 Å². The minimum Gasteiger partial charge on any atom is -0.294 e. The molecule has 0 saturated carbocycles. The molecule has 94 valence electrons. The number of H-pyrrole nitrogens is 1. The number of benzene rings is 1. The van der Waals surface area contributed by atoms with Crippen LogP contribution in [0.4, 0.5) is 0 Å². The number of ketones is 1. The Bertz CT molecular complexity index is 789. The second-order valence-corrected chi connectivity index (χ2v) is 4.09. The van der Waals surface area contributed by atoms with Gasteiger partial charge in [0.25, 0.3) is 0 Å². The Kier molecular flexibility index (Phi) is 2.68. The summed E-state index contributed by atoms with van der Waals surface area (Å²) in [5.74, 6) is -0.0380. The average Bonchev–Trinajstić information content (AvgIpc) is 2.81. The van der Waals surface area contributed by atoms with E-state index in [9.17, 15) is 9.59 Å². The first kappa shape index (κ1) is 11.3. The number of rotatable bonds is 3. The normalized spacial score (nSPS) is 10.7. The lowest BCUT2D eigenvalue weighted by Gasteiger charge is -2.00. The van der Waals surface area contributed by atoms with Crippen LogP contribution in [-0.2, 0) is 6.42 Å². The van der Waals surface area contributed by atoms with Crippen LogP contribution in [0.5, 0.6) is 0 Å². The van der Waals surface area contributed by atoms with Crippen molar-refractivity contribution in [2.45, 2.75) is 6.42 Å². The number of carbonyl (C=O) groups excluding carboxylic acids is 1. The molecule has 19 heavy (non-hydrogen) atoms. The molecule has 0 fully saturated rings. The van der Waals surface area contributed by atoms with Gasteiger partial charge in [-0.2, -0.15) is 14.7 Å². The Morgan fingerprint density at radius 2 is 1.95 bits per heavy atom. The van der Waals surface area contributed by atoms with E-state index in [2.05, 4.69) is 15.3 Å². The quantitative estimate of drug-likeness (QED) is 0.702. The molecule has 0 aliphatic rings. The van der Waals surface area contributed by atoms with E-state index in [1.165, 1.54) is 0 Å². The Balaban J connectivity index is 1.91. The number of Topliss-reactive ketones (excluding diaryl/α,β-unsaturated/α-hetero) is 1.